The molecule has 0 fully saturated rings. The summed E-state index contributed by atoms with van der Waals surface area (Å²) in [7, 11) is 3.69. The molecule has 1 N–H and O–H groups in total. The number of hydrogen-bond donors (Lipinski definition) is 1. The van der Waals surface area contributed by atoms with E-state index >= 15 is 0 Å². The summed E-state index contributed by atoms with van der Waals surface area (Å²) in [5, 5.41) is 8.88. The first kappa shape index (κ1) is 12.8. The van der Waals surface area contributed by atoms with Gasteiger partial charge in [-0.25, -0.2) is 0 Å². The van der Waals surface area contributed by atoms with Crippen LogP contribution in [0.4, 0.5) is 18.9 Å². The Morgan fingerprint density at radius 1 is 1.19 bits per heavy atom. The lowest BCUT2D eigenvalue weighted by molar-refractivity contribution is -0.203. The quantitative estimate of drug-likeness (QED) is 0.865. The molecule has 0 saturated carbocycles. The van der Waals surface area contributed by atoms with E-state index in [9.17, 15) is 13.2 Å². The Balaban J connectivity index is 2.69. The molecule has 1 aromatic rings. The monoisotopic (exact) mass is 233 g/mol. The van der Waals surface area contributed by atoms with Gasteiger partial charge in [0.15, 0.2) is 6.10 Å². The van der Waals surface area contributed by atoms with Gasteiger partial charge in [0.25, 0.3) is 0 Å². The Bertz CT molecular complexity index is 332. The molecule has 5 heteroatoms. The van der Waals surface area contributed by atoms with Crippen molar-refractivity contribution in [3.05, 3.63) is 29.8 Å². The Labute approximate surface area is 92.3 Å². The molecular formula is C11H14F3NO. The Morgan fingerprint density at radius 2 is 1.69 bits per heavy atom. The summed E-state index contributed by atoms with van der Waals surface area (Å²) < 4.78 is 36.3. The van der Waals surface area contributed by atoms with Crippen molar-refractivity contribution in [2.75, 3.05) is 19.0 Å². The summed E-state index contributed by atoms with van der Waals surface area (Å²) in [4.78, 5) is 1.85. The fourth-order valence-corrected chi connectivity index (χ4v) is 1.27. The summed E-state index contributed by atoms with van der Waals surface area (Å²) >= 11 is 0. The van der Waals surface area contributed by atoms with E-state index in [-0.39, 0.29) is 0 Å². The predicted octanol–water partition coefficient (Wildman–Crippen LogP) is 2.22. The van der Waals surface area contributed by atoms with E-state index in [0.717, 1.165) is 5.69 Å². The number of aliphatic hydroxyl groups is 1. The summed E-state index contributed by atoms with van der Waals surface area (Å²) in [6.45, 7) is 0. The maximum Gasteiger partial charge on any atom is 0.414 e. The second kappa shape index (κ2) is 4.74. The highest BCUT2D eigenvalue weighted by atomic mass is 19.4. The van der Waals surface area contributed by atoms with Crippen LogP contribution >= 0.6 is 0 Å². The smallest absolute Gasteiger partial charge is 0.383 e. The van der Waals surface area contributed by atoms with Crippen LogP contribution in [-0.4, -0.2) is 31.5 Å². The fourth-order valence-electron chi connectivity index (χ4n) is 1.27. The van der Waals surface area contributed by atoms with Gasteiger partial charge in [-0.05, 0) is 17.7 Å². The van der Waals surface area contributed by atoms with E-state index in [0.29, 0.717) is 5.56 Å². The lowest BCUT2D eigenvalue weighted by Gasteiger charge is -2.16. The van der Waals surface area contributed by atoms with Crippen LogP contribution in [-0.2, 0) is 6.42 Å². The molecule has 1 atom stereocenters. The van der Waals surface area contributed by atoms with Crippen molar-refractivity contribution in [1.82, 2.24) is 0 Å². The van der Waals surface area contributed by atoms with Gasteiger partial charge >= 0.3 is 6.18 Å². The Kier molecular flexibility index (Phi) is 3.80. The third-order valence-electron chi connectivity index (χ3n) is 2.26. The summed E-state index contributed by atoms with van der Waals surface area (Å²) in [6.07, 6.45) is -7.25. The number of aliphatic hydroxyl groups excluding tert-OH is 1. The van der Waals surface area contributed by atoms with Crippen LogP contribution in [0.25, 0.3) is 0 Å². The fraction of sp³-hybridized carbons (Fsp3) is 0.455. The second-order valence-corrected chi connectivity index (χ2v) is 3.82. The van der Waals surface area contributed by atoms with Crippen molar-refractivity contribution in [2.24, 2.45) is 0 Å². The zero-order valence-electron chi connectivity index (χ0n) is 9.12. The van der Waals surface area contributed by atoms with Crippen molar-refractivity contribution >= 4 is 5.69 Å². The minimum absolute atomic E-state index is 0.406. The van der Waals surface area contributed by atoms with Crippen molar-refractivity contribution in [1.29, 1.82) is 0 Å². The normalized spacial score (nSPS) is 13.6. The second-order valence-electron chi connectivity index (χ2n) is 3.82. The molecule has 1 rings (SSSR count). The van der Waals surface area contributed by atoms with E-state index in [1.54, 1.807) is 24.3 Å². The molecule has 0 bridgehead atoms. The number of nitrogens with zero attached hydrogens (tertiary/aromatic N) is 1. The van der Waals surface area contributed by atoms with Gasteiger partial charge in [-0.3, -0.25) is 0 Å². The van der Waals surface area contributed by atoms with Gasteiger partial charge in [0, 0.05) is 26.2 Å². The number of rotatable bonds is 3. The maximum absolute atomic E-state index is 12.1. The molecule has 0 saturated heterocycles. The molecule has 2 nitrogen and oxygen atoms in total. The molecule has 0 radical (unpaired) electrons. The number of anilines is 1. The van der Waals surface area contributed by atoms with Crippen LogP contribution in [0.3, 0.4) is 0 Å². The van der Waals surface area contributed by atoms with Crippen LogP contribution in [0, 0.1) is 0 Å². The van der Waals surface area contributed by atoms with Crippen molar-refractivity contribution < 1.29 is 18.3 Å². The van der Waals surface area contributed by atoms with Gasteiger partial charge in [-0.15, -0.1) is 0 Å². The van der Waals surface area contributed by atoms with Crippen molar-refractivity contribution in [3.63, 3.8) is 0 Å². The first-order valence-corrected chi connectivity index (χ1v) is 4.82. The number of alkyl halides is 3. The van der Waals surface area contributed by atoms with Gasteiger partial charge in [-0.2, -0.15) is 13.2 Å². The molecular weight excluding hydrogens is 219 g/mol. The Morgan fingerprint density at radius 3 is 2.06 bits per heavy atom. The standard InChI is InChI=1S/C11H14F3NO/c1-15(2)9-5-3-8(4-6-9)7-10(16)11(12,13)14/h3-6,10,16H,7H2,1-2H3. The minimum atomic E-state index is -4.56. The average Bonchev–Trinajstić information content (AvgIpc) is 2.17. The molecule has 0 heterocycles. The predicted molar refractivity (Wildman–Crippen MR) is 56.5 cm³/mol. The highest BCUT2D eigenvalue weighted by Crippen LogP contribution is 2.23. The Hall–Kier alpha value is -1.23. The molecule has 0 aliphatic carbocycles. The highest BCUT2D eigenvalue weighted by molar-refractivity contribution is 5.46. The van der Waals surface area contributed by atoms with E-state index in [1.807, 2.05) is 19.0 Å². The molecule has 0 aromatic heterocycles. The third-order valence-corrected chi connectivity index (χ3v) is 2.26. The largest absolute Gasteiger partial charge is 0.414 e. The number of benzene rings is 1. The van der Waals surface area contributed by atoms with Crippen LogP contribution in [0.1, 0.15) is 5.56 Å². The zero-order valence-corrected chi connectivity index (χ0v) is 9.12. The summed E-state index contributed by atoms with van der Waals surface area (Å²) in [5.74, 6) is 0. The SMILES string of the molecule is CN(C)c1ccc(CC(O)C(F)(F)F)cc1. The topological polar surface area (TPSA) is 23.5 Å². The van der Waals surface area contributed by atoms with E-state index in [2.05, 4.69) is 0 Å². The number of hydrogen-bond acceptors (Lipinski definition) is 2. The van der Waals surface area contributed by atoms with Gasteiger partial charge in [-0.1, -0.05) is 12.1 Å². The van der Waals surface area contributed by atoms with E-state index in [1.165, 1.54) is 0 Å². The van der Waals surface area contributed by atoms with Gasteiger partial charge in [0.2, 0.25) is 0 Å². The van der Waals surface area contributed by atoms with E-state index < -0.39 is 18.7 Å². The molecule has 0 aliphatic rings. The molecule has 0 amide bonds. The molecule has 1 unspecified atom stereocenters. The first-order valence-electron chi connectivity index (χ1n) is 4.82. The zero-order chi connectivity index (χ0) is 12.3. The molecule has 0 aliphatic heterocycles. The van der Waals surface area contributed by atoms with Crippen molar-refractivity contribution in [2.45, 2.75) is 18.7 Å². The summed E-state index contributed by atoms with van der Waals surface area (Å²) in [6, 6.07) is 6.62. The molecule has 90 valence electrons. The van der Waals surface area contributed by atoms with Crippen LogP contribution in [0.5, 0.6) is 0 Å². The van der Waals surface area contributed by atoms with Gasteiger partial charge in [0.05, 0.1) is 0 Å². The van der Waals surface area contributed by atoms with Gasteiger partial charge < -0.3 is 10.0 Å². The number of halogens is 3. The van der Waals surface area contributed by atoms with Crippen LogP contribution in [0.15, 0.2) is 24.3 Å². The highest BCUT2D eigenvalue weighted by Gasteiger charge is 2.37. The molecule has 1 aromatic carbocycles. The third kappa shape index (κ3) is 3.41. The first-order chi connectivity index (χ1) is 7.30. The van der Waals surface area contributed by atoms with Crippen LogP contribution < -0.4 is 4.90 Å². The van der Waals surface area contributed by atoms with Crippen LogP contribution in [0.2, 0.25) is 0 Å². The van der Waals surface area contributed by atoms with E-state index in [4.69, 9.17) is 5.11 Å². The molecule has 0 spiro atoms. The lowest BCUT2D eigenvalue weighted by Crippen LogP contribution is -2.30. The maximum atomic E-state index is 12.1. The average molecular weight is 233 g/mol. The van der Waals surface area contributed by atoms with Gasteiger partial charge in [0.1, 0.15) is 0 Å². The summed E-state index contributed by atoms with van der Waals surface area (Å²) in [5.41, 5.74) is 1.38. The molecule has 16 heavy (non-hydrogen) atoms. The lowest BCUT2D eigenvalue weighted by atomic mass is 10.1. The van der Waals surface area contributed by atoms with Crippen molar-refractivity contribution in [3.8, 4) is 0 Å². The minimum Gasteiger partial charge on any atom is -0.383 e.